The number of carbonyl (C=O) groups is 1. The highest BCUT2D eigenvalue weighted by atomic mass is 16.5. The minimum atomic E-state index is -0.269. The summed E-state index contributed by atoms with van der Waals surface area (Å²) in [7, 11) is 3.21. The normalized spacial score (nSPS) is 13.5. The fourth-order valence-corrected chi connectivity index (χ4v) is 3.13. The first-order chi connectivity index (χ1) is 13.6. The molecule has 0 saturated heterocycles. The average molecular weight is 383 g/mol. The predicted molar refractivity (Wildman–Crippen MR) is 107 cm³/mol. The molecule has 1 atom stereocenters. The van der Waals surface area contributed by atoms with Gasteiger partial charge in [-0.25, -0.2) is 0 Å². The van der Waals surface area contributed by atoms with Crippen LogP contribution in [0.15, 0.2) is 42.0 Å². The van der Waals surface area contributed by atoms with Crippen molar-refractivity contribution in [1.82, 2.24) is 5.32 Å². The molecule has 6 nitrogen and oxygen atoms in total. The standard InChI is InChI=1S/C22H25NO5/c1-5-27-20-8-6-7-15-11-16(13-28-21(15)20)22(24)23-14(2)18-12-17(25-3)9-10-19(18)26-4/h6-12,14H,5,13H2,1-4H3,(H,23,24). The summed E-state index contributed by atoms with van der Waals surface area (Å²) in [6, 6.07) is 10.9. The molecule has 0 aromatic heterocycles. The molecule has 0 bridgehead atoms. The molecule has 0 fully saturated rings. The van der Waals surface area contributed by atoms with Crippen LogP contribution in [0.2, 0.25) is 0 Å². The third-order valence-corrected chi connectivity index (χ3v) is 4.55. The van der Waals surface area contributed by atoms with Crippen LogP contribution in [0.5, 0.6) is 23.0 Å². The van der Waals surface area contributed by atoms with Crippen LogP contribution in [0.4, 0.5) is 0 Å². The summed E-state index contributed by atoms with van der Waals surface area (Å²) in [6.07, 6.45) is 1.84. The molecule has 3 rings (SSSR count). The molecule has 1 N–H and O–H groups in total. The highest BCUT2D eigenvalue weighted by molar-refractivity contribution is 5.99. The predicted octanol–water partition coefficient (Wildman–Crippen LogP) is 3.76. The Bertz CT molecular complexity index is 890. The van der Waals surface area contributed by atoms with Crippen LogP contribution in [0.1, 0.15) is 31.0 Å². The van der Waals surface area contributed by atoms with Gasteiger partial charge in [-0.05, 0) is 44.2 Å². The SMILES string of the molecule is CCOc1cccc2c1OCC(C(=O)NC(C)c1cc(OC)ccc1OC)=C2. The van der Waals surface area contributed by atoms with Crippen molar-refractivity contribution >= 4 is 12.0 Å². The third kappa shape index (κ3) is 4.06. The number of benzene rings is 2. The number of ether oxygens (including phenoxy) is 4. The van der Waals surface area contributed by atoms with Crippen LogP contribution in [-0.2, 0) is 4.79 Å². The maximum Gasteiger partial charge on any atom is 0.251 e. The van der Waals surface area contributed by atoms with Crippen LogP contribution in [0.25, 0.3) is 6.08 Å². The first-order valence-corrected chi connectivity index (χ1v) is 9.19. The average Bonchev–Trinajstić information content (AvgIpc) is 2.73. The van der Waals surface area contributed by atoms with Gasteiger partial charge in [-0.2, -0.15) is 0 Å². The monoisotopic (exact) mass is 383 g/mol. The highest BCUT2D eigenvalue weighted by Crippen LogP contribution is 2.36. The van der Waals surface area contributed by atoms with Gasteiger partial charge in [0.25, 0.3) is 5.91 Å². The van der Waals surface area contributed by atoms with E-state index in [1.54, 1.807) is 14.2 Å². The Balaban J connectivity index is 1.79. The van der Waals surface area contributed by atoms with Crippen LogP contribution >= 0.6 is 0 Å². The van der Waals surface area contributed by atoms with Gasteiger partial charge in [0.15, 0.2) is 11.5 Å². The number of rotatable bonds is 7. The maximum atomic E-state index is 12.8. The van der Waals surface area contributed by atoms with E-state index in [0.29, 0.717) is 35.2 Å². The van der Waals surface area contributed by atoms with E-state index in [-0.39, 0.29) is 18.6 Å². The van der Waals surface area contributed by atoms with Gasteiger partial charge >= 0.3 is 0 Å². The van der Waals surface area contributed by atoms with Crippen molar-refractivity contribution in [3.63, 3.8) is 0 Å². The molecule has 0 radical (unpaired) electrons. The summed E-state index contributed by atoms with van der Waals surface area (Å²) in [6.45, 7) is 4.56. The Morgan fingerprint density at radius 3 is 2.71 bits per heavy atom. The molecule has 28 heavy (non-hydrogen) atoms. The van der Waals surface area contributed by atoms with Crippen molar-refractivity contribution in [3.8, 4) is 23.0 Å². The zero-order chi connectivity index (χ0) is 20.1. The lowest BCUT2D eigenvalue weighted by Crippen LogP contribution is -2.31. The fraction of sp³-hybridized carbons (Fsp3) is 0.318. The van der Waals surface area contributed by atoms with Gasteiger partial charge in [0.2, 0.25) is 0 Å². The first kappa shape index (κ1) is 19.6. The van der Waals surface area contributed by atoms with Crippen molar-refractivity contribution in [2.24, 2.45) is 0 Å². The maximum absolute atomic E-state index is 12.8. The summed E-state index contributed by atoms with van der Waals surface area (Å²) >= 11 is 0. The molecular formula is C22H25NO5. The molecule has 1 heterocycles. The number of hydrogen-bond donors (Lipinski definition) is 1. The summed E-state index contributed by atoms with van der Waals surface area (Å²) in [5.41, 5.74) is 2.22. The molecule has 0 spiro atoms. The molecular weight excluding hydrogens is 358 g/mol. The van der Waals surface area contributed by atoms with E-state index in [0.717, 1.165) is 11.1 Å². The molecule has 6 heteroatoms. The van der Waals surface area contributed by atoms with Crippen molar-refractivity contribution in [3.05, 3.63) is 53.1 Å². The Hall–Kier alpha value is -3.15. The number of methoxy groups -OCH3 is 2. The zero-order valence-electron chi connectivity index (χ0n) is 16.6. The second-order valence-corrected chi connectivity index (χ2v) is 6.37. The number of amides is 1. The largest absolute Gasteiger partial charge is 0.497 e. The van der Waals surface area contributed by atoms with Crippen LogP contribution in [0, 0.1) is 0 Å². The van der Waals surface area contributed by atoms with Crippen molar-refractivity contribution in [2.45, 2.75) is 19.9 Å². The molecule has 2 aromatic rings. The molecule has 1 aliphatic heterocycles. The van der Waals surface area contributed by atoms with Crippen molar-refractivity contribution < 1.29 is 23.7 Å². The summed E-state index contributed by atoms with van der Waals surface area (Å²) in [5.74, 6) is 2.56. The number of nitrogens with one attached hydrogen (secondary N) is 1. The molecule has 1 aliphatic rings. The third-order valence-electron chi connectivity index (χ3n) is 4.55. The summed E-state index contributed by atoms with van der Waals surface area (Å²) in [4.78, 5) is 12.8. The first-order valence-electron chi connectivity index (χ1n) is 9.19. The van der Waals surface area contributed by atoms with Gasteiger partial charge in [-0.3, -0.25) is 4.79 Å². The zero-order valence-corrected chi connectivity index (χ0v) is 16.6. The second kappa shape index (κ2) is 8.69. The summed E-state index contributed by atoms with van der Waals surface area (Å²) < 4.78 is 22.1. The van der Waals surface area contributed by atoms with Gasteiger partial charge < -0.3 is 24.3 Å². The Kier molecular flexibility index (Phi) is 6.09. The number of fused-ring (bicyclic) bond motifs is 1. The van der Waals surface area contributed by atoms with E-state index in [2.05, 4.69) is 5.32 Å². The molecule has 1 amide bonds. The quantitative estimate of drug-likeness (QED) is 0.789. The van der Waals surface area contributed by atoms with Gasteiger partial charge in [0.1, 0.15) is 18.1 Å². The van der Waals surface area contributed by atoms with E-state index in [1.165, 1.54) is 0 Å². The van der Waals surface area contributed by atoms with Gasteiger partial charge in [0.05, 0.1) is 32.4 Å². The molecule has 2 aromatic carbocycles. The van der Waals surface area contributed by atoms with E-state index < -0.39 is 0 Å². The van der Waals surface area contributed by atoms with Crippen LogP contribution in [0.3, 0.4) is 0 Å². The molecule has 0 aliphatic carbocycles. The minimum absolute atomic E-state index is 0.185. The van der Waals surface area contributed by atoms with E-state index in [9.17, 15) is 4.79 Å². The Labute approximate surface area is 165 Å². The minimum Gasteiger partial charge on any atom is -0.497 e. The lowest BCUT2D eigenvalue weighted by atomic mass is 10.0. The Morgan fingerprint density at radius 2 is 2.00 bits per heavy atom. The Morgan fingerprint density at radius 1 is 1.18 bits per heavy atom. The second-order valence-electron chi connectivity index (χ2n) is 6.37. The van der Waals surface area contributed by atoms with Crippen molar-refractivity contribution in [1.29, 1.82) is 0 Å². The van der Waals surface area contributed by atoms with E-state index >= 15 is 0 Å². The molecule has 0 saturated carbocycles. The van der Waals surface area contributed by atoms with Crippen LogP contribution in [-0.4, -0.2) is 33.3 Å². The summed E-state index contributed by atoms with van der Waals surface area (Å²) in [5, 5.41) is 3.01. The fourth-order valence-electron chi connectivity index (χ4n) is 3.13. The lowest BCUT2D eigenvalue weighted by molar-refractivity contribution is -0.118. The lowest BCUT2D eigenvalue weighted by Gasteiger charge is -2.22. The molecule has 148 valence electrons. The van der Waals surface area contributed by atoms with Crippen molar-refractivity contribution in [2.75, 3.05) is 27.4 Å². The number of para-hydroxylation sites is 1. The number of carbonyl (C=O) groups excluding carboxylic acids is 1. The van der Waals surface area contributed by atoms with Gasteiger partial charge in [-0.1, -0.05) is 12.1 Å². The number of hydrogen-bond acceptors (Lipinski definition) is 5. The highest BCUT2D eigenvalue weighted by Gasteiger charge is 2.22. The smallest absolute Gasteiger partial charge is 0.251 e. The molecule has 1 unspecified atom stereocenters. The topological polar surface area (TPSA) is 66.0 Å². The van der Waals surface area contributed by atoms with Gasteiger partial charge in [-0.15, -0.1) is 0 Å². The van der Waals surface area contributed by atoms with E-state index in [1.807, 2.05) is 56.3 Å². The van der Waals surface area contributed by atoms with Crippen LogP contribution < -0.4 is 24.3 Å². The van der Waals surface area contributed by atoms with E-state index in [4.69, 9.17) is 18.9 Å². The van der Waals surface area contributed by atoms with Gasteiger partial charge in [0, 0.05) is 11.1 Å².